The molecule has 1 aromatic heterocycles. The number of aromatic nitrogens is 2. The number of benzene rings is 2. The van der Waals surface area contributed by atoms with Crippen molar-refractivity contribution in [3.8, 4) is 11.5 Å². The first-order chi connectivity index (χ1) is 15.7. The molecule has 1 amide bonds. The minimum absolute atomic E-state index is 0.321. The van der Waals surface area contributed by atoms with Gasteiger partial charge in [-0.15, -0.1) is 0 Å². The van der Waals surface area contributed by atoms with Crippen molar-refractivity contribution in [1.29, 1.82) is 0 Å². The van der Waals surface area contributed by atoms with Crippen LogP contribution in [0.2, 0.25) is 0 Å². The van der Waals surface area contributed by atoms with Gasteiger partial charge < -0.3 is 19.7 Å². The van der Waals surface area contributed by atoms with Crippen LogP contribution in [-0.4, -0.2) is 61.2 Å². The summed E-state index contributed by atoms with van der Waals surface area (Å²) in [6, 6.07) is 17.4. The second kappa shape index (κ2) is 10.1. The van der Waals surface area contributed by atoms with Crippen LogP contribution in [-0.2, 0) is 6.54 Å². The molecule has 1 aliphatic rings. The SMILES string of the molecule is COc1ccc(OC)c(C(=O)Nc2cc(N3CCN(Cc4ccccc4)CC3)ncn2)c1. The Kier molecular flexibility index (Phi) is 6.81. The molecular formula is C24H27N5O3. The van der Waals surface area contributed by atoms with Crippen LogP contribution in [0.1, 0.15) is 15.9 Å². The van der Waals surface area contributed by atoms with Crippen LogP contribution in [0.3, 0.4) is 0 Å². The van der Waals surface area contributed by atoms with Crippen LogP contribution < -0.4 is 19.7 Å². The number of piperazine rings is 1. The zero-order chi connectivity index (χ0) is 22.3. The fourth-order valence-corrected chi connectivity index (χ4v) is 3.74. The Bertz CT molecular complexity index is 1050. The van der Waals surface area contributed by atoms with Crippen LogP contribution in [0.4, 0.5) is 11.6 Å². The summed E-state index contributed by atoms with van der Waals surface area (Å²) in [5, 5.41) is 2.84. The third-order valence-corrected chi connectivity index (χ3v) is 5.49. The number of nitrogens with zero attached hydrogens (tertiary/aromatic N) is 4. The molecule has 0 radical (unpaired) electrons. The number of hydrogen-bond acceptors (Lipinski definition) is 7. The topological polar surface area (TPSA) is 79.8 Å². The van der Waals surface area contributed by atoms with Crippen molar-refractivity contribution >= 4 is 17.5 Å². The van der Waals surface area contributed by atoms with E-state index in [2.05, 4.69) is 49.4 Å². The maximum absolute atomic E-state index is 12.8. The molecule has 0 unspecified atom stereocenters. The van der Waals surface area contributed by atoms with E-state index < -0.39 is 0 Å². The zero-order valence-electron chi connectivity index (χ0n) is 18.3. The van der Waals surface area contributed by atoms with E-state index in [4.69, 9.17) is 9.47 Å². The van der Waals surface area contributed by atoms with Crippen LogP contribution >= 0.6 is 0 Å². The van der Waals surface area contributed by atoms with Crippen LogP contribution in [0, 0.1) is 0 Å². The van der Waals surface area contributed by atoms with Gasteiger partial charge in [0.2, 0.25) is 0 Å². The number of carbonyl (C=O) groups is 1. The average Bonchev–Trinajstić information content (AvgIpc) is 2.85. The number of carbonyl (C=O) groups excluding carboxylic acids is 1. The number of hydrogen-bond donors (Lipinski definition) is 1. The van der Waals surface area contributed by atoms with Gasteiger partial charge >= 0.3 is 0 Å². The molecule has 0 atom stereocenters. The second-order valence-electron chi connectivity index (χ2n) is 7.53. The summed E-state index contributed by atoms with van der Waals surface area (Å²) in [7, 11) is 3.08. The Hall–Kier alpha value is -3.65. The molecule has 0 bridgehead atoms. The van der Waals surface area contributed by atoms with Gasteiger partial charge in [-0.25, -0.2) is 9.97 Å². The molecule has 8 heteroatoms. The summed E-state index contributed by atoms with van der Waals surface area (Å²) in [5.74, 6) is 1.96. The van der Waals surface area contributed by atoms with Crippen molar-refractivity contribution in [2.45, 2.75) is 6.54 Å². The van der Waals surface area contributed by atoms with Crippen molar-refractivity contribution in [2.75, 3.05) is 50.6 Å². The number of methoxy groups -OCH3 is 2. The first kappa shape index (κ1) is 21.6. The number of amides is 1. The minimum atomic E-state index is -0.321. The zero-order valence-corrected chi connectivity index (χ0v) is 18.3. The molecule has 2 heterocycles. The fraction of sp³-hybridized carbons (Fsp3) is 0.292. The number of anilines is 2. The van der Waals surface area contributed by atoms with Crippen LogP contribution in [0.25, 0.3) is 0 Å². The van der Waals surface area contributed by atoms with Gasteiger partial charge in [0, 0.05) is 38.8 Å². The lowest BCUT2D eigenvalue weighted by Gasteiger charge is -2.35. The van der Waals surface area contributed by atoms with Crippen molar-refractivity contribution in [3.63, 3.8) is 0 Å². The molecule has 2 aromatic carbocycles. The lowest BCUT2D eigenvalue weighted by molar-refractivity contribution is 0.102. The average molecular weight is 434 g/mol. The molecule has 166 valence electrons. The van der Waals surface area contributed by atoms with Gasteiger partial charge in [-0.3, -0.25) is 9.69 Å². The van der Waals surface area contributed by atoms with Gasteiger partial charge in [0.1, 0.15) is 29.5 Å². The van der Waals surface area contributed by atoms with Crippen molar-refractivity contribution in [2.24, 2.45) is 0 Å². The largest absolute Gasteiger partial charge is 0.497 e. The molecule has 0 aliphatic carbocycles. The predicted molar refractivity (Wildman–Crippen MR) is 123 cm³/mol. The third kappa shape index (κ3) is 5.15. The van der Waals surface area contributed by atoms with Gasteiger partial charge in [-0.2, -0.15) is 0 Å². The summed E-state index contributed by atoms with van der Waals surface area (Å²) >= 11 is 0. The lowest BCUT2D eigenvalue weighted by atomic mass is 10.1. The molecule has 8 nitrogen and oxygen atoms in total. The van der Waals surface area contributed by atoms with E-state index in [9.17, 15) is 4.79 Å². The van der Waals surface area contributed by atoms with Gasteiger partial charge in [0.25, 0.3) is 5.91 Å². The number of ether oxygens (including phenoxy) is 2. The highest BCUT2D eigenvalue weighted by Crippen LogP contribution is 2.25. The second-order valence-corrected chi connectivity index (χ2v) is 7.53. The summed E-state index contributed by atoms with van der Waals surface area (Å²) < 4.78 is 10.5. The molecule has 1 fully saturated rings. The van der Waals surface area contributed by atoms with Gasteiger partial charge in [0.15, 0.2) is 0 Å². The van der Waals surface area contributed by atoms with E-state index >= 15 is 0 Å². The molecule has 32 heavy (non-hydrogen) atoms. The molecule has 0 saturated carbocycles. The van der Waals surface area contributed by atoms with E-state index in [1.54, 1.807) is 31.4 Å². The van der Waals surface area contributed by atoms with E-state index in [0.717, 1.165) is 38.5 Å². The van der Waals surface area contributed by atoms with Gasteiger partial charge in [-0.05, 0) is 23.8 Å². The highest BCUT2D eigenvalue weighted by atomic mass is 16.5. The summed E-state index contributed by atoms with van der Waals surface area (Å²) in [6.07, 6.45) is 1.48. The Labute approximate surface area is 187 Å². The summed E-state index contributed by atoms with van der Waals surface area (Å²) in [5.41, 5.74) is 1.70. The molecular weight excluding hydrogens is 406 g/mol. The first-order valence-electron chi connectivity index (χ1n) is 10.5. The molecule has 0 spiro atoms. The highest BCUT2D eigenvalue weighted by Gasteiger charge is 2.20. The Balaban J connectivity index is 1.39. The Morgan fingerprint density at radius 1 is 0.969 bits per heavy atom. The molecule has 1 N–H and O–H groups in total. The van der Waals surface area contributed by atoms with Crippen LogP contribution in [0.15, 0.2) is 60.9 Å². The molecule has 1 saturated heterocycles. The maximum Gasteiger partial charge on any atom is 0.260 e. The molecule has 1 aliphatic heterocycles. The van der Waals surface area contributed by atoms with E-state index in [-0.39, 0.29) is 5.91 Å². The number of rotatable bonds is 7. The van der Waals surface area contributed by atoms with Crippen molar-refractivity contribution in [3.05, 3.63) is 72.1 Å². The monoisotopic (exact) mass is 433 g/mol. The quantitative estimate of drug-likeness (QED) is 0.613. The normalized spacial score (nSPS) is 14.1. The third-order valence-electron chi connectivity index (χ3n) is 5.49. The Morgan fingerprint density at radius 2 is 1.75 bits per heavy atom. The van der Waals surface area contributed by atoms with E-state index in [0.29, 0.717) is 22.9 Å². The fourth-order valence-electron chi connectivity index (χ4n) is 3.74. The van der Waals surface area contributed by atoms with Crippen molar-refractivity contribution in [1.82, 2.24) is 14.9 Å². The maximum atomic E-state index is 12.8. The first-order valence-corrected chi connectivity index (χ1v) is 10.5. The van der Waals surface area contributed by atoms with Gasteiger partial charge in [0.05, 0.1) is 19.8 Å². The molecule has 3 aromatic rings. The lowest BCUT2D eigenvalue weighted by Crippen LogP contribution is -2.46. The van der Waals surface area contributed by atoms with E-state index in [1.807, 2.05) is 6.07 Å². The van der Waals surface area contributed by atoms with Gasteiger partial charge in [-0.1, -0.05) is 30.3 Å². The summed E-state index contributed by atoms with van der Waals surface area (Å²) in [4.78, 5) is 26.1. The smallest absolute Gasteiger partial charge is 0.260 e. The van der Waals surface area contributed by atoms with Crippen molar-refractivity contribution < 1.29 is 14.3 Å². The molecule has 4 rings (SSSR count). The predicted octanol–water partition coefficient (Wildman–Crippen LogP) is 3.07. The highest BCUT2D eigenvalue weighted by molar-refractivity contribution is 6.06. The minimum Gasteiger partial charge on any atom is -0.497 e. The van der Waals surface area contributed by atoms with Crippen LogP contribution in [0.5, 0.6) is 11.5 Å². The van der Waals surface area contributed by atoms with E-state index in [1.165, 1.54) is 19.0 Å². The summed E-state index contributed by atoms with van der Waals surface area (Å²) in [6.45, 7) is 4.56. The number of nitrogens with one attached hydrogen (secondary N) is 1. The Morgan fingerprint density at radius 3 is 2.47 bits per heavy atom. The standard InChI is InChI=1S/C24H27N5O3/c1-31-19-8-9-21(32-2)20(14-19)24(30)27-22-15-23(26-17-25-22)29-12-10-28(11-13-29)16-18-6-4-3-5-7-18/h3-9,14-15,17H,10-13,16H2,1-2H3,(H,25,26,27,30).